The monoisotopic (exact) mass is 765 g/mol. The second-order valence-electron chi connectivity index (χ2n) is 16.4. The highest BCUT2D eigenvalue weighted by Gasteiger charge is 2.19. The second kappa shape index (κ2) is 44.1. The first-order chi connectivity index (χ1) is 26.5. The lowest BCUT2D eigenvalue weighted by Gasteiger charge is -2.18. The van der Waals surface area contributed by atoms with Gasteiger partial charge in [0.05, 0.1) is 0 Å². The van der Waals surface area contributed by atoms with Gasteiger partial charge in [-0.25, -0.2) is 0 Å². The van der Waals surface area contributed by atoms with E-state index in [2.05, 4.69) is 20.8 Å². The van der Waals surface area contributed by atoms with Gasteiger partial charge in [-0.2, -0.15) is 0 Å². The van der Waals surface area contributed by atoms with Crippen molar-refractivity contribution < 1.29 is 28.6 Å². The van der Waals surface area contributed by atoms with Gasteiger partial charge in [0.1, 0.15) is 13.2 Å². The molecule has 0 bridgehead atoms. The Morgan fingerprint density at radius 1 is 0.296 bits per heavy atom. The van der Waals surface area contributed by atoms with Crippen LogP contribution in [0.5, 0.6) is 0 Å². The van der Waals surface area contributed by atoms with Gasteiger partial charge >= 0.3 is 17.9 Å². The summed E-state index contributed by atoms with van der Waals surface area (Å²) in [6.07, 6.45) is 45.3. The number of hydrogen-bond acceptors (Lipinski definition) is 6. The molecule has 0 spiro atoms. The lowest BCUT2D eigenvalue weighted by atomic mass is 10.0. The summed E-state index contributed by atoms with van der Waals surface area (Å²) in [6, 6.07) is 0. The van der Waals surface area contributed by atoms with Gasteiger partial charge in [0.2, 0.25) is 0 Å². The average Bonchev–Trinajstić information content (AvgIpc) is 3.17. The van der Waals surface area contributed by atoms with Crippen LogP contribution >= 0.6 is 0 Å². The Hall–Kier alpha value is -1.59. The molecular formula is C48H92O6. The van der Waals surface area contributed by atoms with Crippen molar-refractivity contribution in [3.8, 4) is 0 Å². The van der Waals surface area contributed by atoms with Crippen LogP contribution in [0, 0.1) is 0 Å². The predicted octanol–water partition coefficient (Wildman–Crippen LogP) is 15.3. The summed E-state index contributed by atoms with van der Waals surface area (Å²) in [4.78, 5) is 37.6. The Kier molecular flexibility index (Phi) is 42.8. The second-order valence-corrected chi connectivity index (χ2v) is 16.4. The highest BCUT2D eigenvalue weighted by molar-refractivity contribution is 5.71. The van der Waals surface area contributed by atoms with Crippen molar-refractivity contribution in [3.63, 3.8) is 0 Å². The van der Waals surface area contributed by atoms with Gasteiger partial charge in [-0.15, -0.1) is 0 Å². The summed E-state index contributed by atoms with van der Waals surface area (Å²) in [5, 5.41) is 0. The van der Waals surface area contributed by atoms with Crippen molar-refractivity contribution in [1.82, 2.24) is 0 Å². The van der Waals surface area contributed by atoms with E-state index in [1.54, 1.807) is 0 Å². The number of unbranched alkanes of at least 4 members (excludes halogenated alkanes) is 33. The van der Waals surface area contributed by atoms with Gasteiger partial charge in [-0.1, -0.05) is 233 Å². The molecule has 0 aromatic carbocycles. The molecule has 6 nitrogen and oxygen atoms in total. The van der Waals surface area contributed by atoms with Crippen molar-refractivity contribution in [1.29, 1.82) is 0 Å². The van der Waals surface area contributed by atoms with E-state index in [1.807, 2.05) is 0 Å². The molecule has 0 N–H and O–H groups in total. The summed E-state index contributed by atoms with van der Waals surface area (Å²) < 4.78 is 16.7. The first kappa shape index (κ1) is 52.4. The molecule has 320 valence electrons. The fourth-order valence-electron chi connectivity index (χ4n) is 7.21. The van der Waals surface area contributed by atoms with Crippen LogP contribution in [0.25, 0.3) is 0 Å². The Labute approximate surface area is 336 Å². The maximum atomic E-state index is 12.7. The van der Waals surface area contributed by atoms with Gasteiger partial charge in [0.15, 0.2) is 6.10 Å². The Bertz CT molecular complexity index is 798. The fourth-order valence-corrected chi connectivity index (χ4v) is 7.21. The van der Waals surface area contributed by atoms with Gasteiger partial charge in [0.25, 0.3) is 0 Å². The smallest absolute Gasteiger partial charge is 0.306 e. The molecule has 0 saturated heterocycles. The number of rotatable bonds is 44. The van der Waals surface area contributed by atoms with Crippen molar-refractivity contribution in [2.45, 2.75) is 277 Å². The Morgan fingerprint density at radius 3 is 0.741 bits per heavy atom. The first-order valence-electron chi connectivity index (χ1n) is 24.0. The summed E-state index contributed by atoms with van der Waals surface area (Å²) in [5.74, 6) is -0.856. The molecule has 54 heavy (non-hydrogen) atoms. The van der Waals surface area contributed by atoms with Crippen LogP contribution in [-0.2, 0) is 28.6 Å². The summed E-state index contributed by atoms with van der Waals surface area (Å²) >= 11 is 0. The van der Waals surface area contributed by atoms with E-state index in [1.165, 1.54) is 173 Å². The molecule has 6 heteroatoms. The molecule has 0 aromatic heterocycles. The van der Waals surface area contributed by atoms with Gasteiger partial charge in [-0.3, -0.25) is 14.4 Å². The van der Waals surface area contributed by atoms with E-state index in [0.717, 1.165) is 57.8 Å². The van der Waals surface area contributed by atoms with Gasteiger partial charge in [0, 0.05) is 19.3 Å². The van der Waals surface area contributed by atoms with Crippen LogP contribution in [0.1, 0.15) is 271 Å². The normalized spacial score (nSPS) is 11.8. The van der Waals surface area contributed by atoms with E-state index in [0.29, 0.717) is 19.3 Å². The van der Waals surface area contributed by atoms with E-state index >= 15 is 0 Å². The molecule has 0 aliphatic carbocycles. The third-order valence-electron chi connectivity index (χ3n) is 10.9. The SMILES string of the molecule is CCCCCCCCCCCCCCCCCCCCC(=O)OC[C@H](COC(=O)CCCCCCCCC)OC(=O)CCCCCCCCCCCCC. The molecule has 0 aliphatic rings. The van der Waals surface area contributed by atoms with E-state index in [9.17, 15) is 14.4 Å². The topological polar surface area (TPSA) is 78.9 Å². The Morgan fingerprint density at radius 2 is 0.500 bits per heavy atom. The maximum absolute atomic E-state index is 12.7. The highest BCUT2D eigenvalue weighted by atomic mass is 16.6. The molecule has 0 aromatic rings. The summed E-state index contributed by atoms with van der Waals surface area (Å²) in [5.41, 5.74) is 0. The largest absolute Gasteiger partial charge is 0.462 e. The van der Waals surface area contributed by atoms with Crippen molar-refractivity contribution in [3.05, 3.63) is 0 Å². The maximum Gasteiger partial charge on any atom is 0.306 e. The van der Waals surface area contributed by atoms with Crippen LogP contribution < -0.4 is 0 Å². The average molecular weight is 765 g/mol. The zero-order valence-electron chi connectivity index (χ0n) is 36.5. The van der Waals surface area contributed by atoms with Crippen molar-refractivity contribution >= 4 is 17.9 Å². The quantitative estimate of drug-likeness (QED) is 0.0349. The number of hydrogen-bond donors (Lipinski definition) is 0. The van der Waals surface area contributed by atoms with E-state index in [-0.39, 0.29) is 31.1 Å². The molecular weight excluding hydrogens is 673 g/mol. The standard InChI is InChI=1S/C48H92O6/c1-4-7-10-13-16-18-20-21-22-23-24-25-26-28-29-32-35-38-41-47(50)53-44-45(43-52-46(49)40-37-34-31-15-12-9-6-3)54-48(51)42-39-36-33-30-27-19-17-14-11-8-5-2/h45H,4-44H2,1-3H3/t45-/m0/s1. The fraction of sp³-hybridized carbons (Fsp3) is 0.938. The number of carbonyl (C=O) groups excluding carboxylic acids is 3. The summed E-state index contributed by atoms with van der Waals surface area (Å²) in [6.45, 7) is 6.62. The van der Waals surface area contributed by atoms with Gasteiger partial charge < -0.3 is 14.2 Å². The lowest BCUT2D eigenvalue weighted by molar-refractivity contribution is -0.167. The van der Waals surface area contributed by atoms with E-state index in [4.69, 9.17) is 14.2 Å². The number of esters is 3. The minimum absolute atomic E-state index is 0.0629. The van der Waals surface area contributed by atoms with Crippen molar-refractivity contribution in [2.75, 3.05) is 13.2 Å². The molecule has 0 fully saturated rings. The molecule has 0 unspecified atom stereocenters. The molecule has 0 amide bonds. The minimum atomic E-state index is -0.757. The van der Waals surface area contributed by atoms with Crippen LogP contribution in [-0.4, -0.2) is 37.2 Å². The highest BCUT2D eigenvalue weighted by Crippen LogP contribution is 2.16. The predicted molar refractivity (Wildman–Crippen MR) is 229 cm³/mol. The molecule has 0 saturated carbocycles. The molecule has 0 heterocycles. The van der Waals surface area contributed by atoms with Crippen molar-refractivity contribution in [2.24, 2.45) is 0 Å². The minimum Gasteiger partial charge on any atom is -0.462 e. The summed E-state index contributed by atoms with van der Waals surface area (Å²) in [7, 11) is 0. The number of carbonyl (C=O) groups is 3. The molecule has 0 aliphatic heterocycles. The third-order valence-corrected chi connectivity index (χ3v) is 10.9. The molecule has 1 atom stereocenters. The van der Waals surface area contributed by atoms with Crippen LogP contribution in [0.15, 0.2) is 0 Å². The number of ether oxygens (including phenoxy) is 3. The first-order valence-corrected chi connectivity index (χ1v) is 24.0. The third kappa shape index (κ3) is 41.6. The lowest BCUT2D eigenvalue weighted by Crippen LogP contribution is -2.30. The van der Waals surface area contributed by atoms with E-state index < -0.39 is 6.10 Å². The zero-order chi connectivity index (χ0) is 39.4. The van der Waals surface area contributed by atoms with Crippen LogP contribution in [0.3, 0.4) is 0 Å². The van der Waals surface area contributed by atoms with Crippen LogP contribution in [0.4, 0.5) is 0 Å². The van der Waals surface area contributed by atoms with Gasteiger partial charge in [-0.05, 0) is 19.3 Å². The Balaban J connectivity index is 4.17. The zero-order valence-corrected chi connectivity index (χ0v) is 36.5. The molecule has 0 radical (unpaired) electrons. The van der Waals surface area contributed by atoms with Crippen LogP contribution in [0.2, 0.25) is 0 Å². The molecule has 0 rings (SSSR count).